The highest BCUT2D eigenvalue weighted by Gasteiger charge is 2.73. The summed E-state index contributed by atoms with van der Waals surface area (Å²) in [6.45, 7) is 11.6. The SMILES string of the molecule is CCSC1(SCC)/C(=N/O)[C@H]2CC[C@@]1(C)C2(C)C. The molecule has 0 aliphatic heterocycles. The van der Waals surface area contributed by atoms with Crippen molar-refractivity contribution < 1.29 is 5.21 Å². The topological polar surface area (TPSA) is 32.6 Å². The van der Waals surface area contributed by atoms with Gasteiger partial charge in [-0.2, -0.15) is 0 Å². The molecule has 18 heavy (non-hydrogen) atoms. The first-order valence-electron chi connectivity index (χ1n) is 6.91. The van der Waals surface area contributed by atoms with Gasteiger partial charge < -0.3 is 5.21 Å². The molecule has 0 saturated heterocycles. The summed E-state index contributed by atoms with van der Waals surface area (Å²) in [4.78, 5) is 0. The lowest BCUT2D eigenvalue weighted by atomic mass is 9.70. The van der Waals surface area contributed by atoms with Crippen molar-refractivity contribution in [2.24, 2.45) is 21.9 Å². The van der Waals surface area contributed by atoms with Crippen molar-refractivity contribution in [2.75, 3.05) is 11.5 Å². The Bertz CT molecular complexity index is 361. The molecule has 2 nitrogen and oxygen atoms in total. The van der Waals surface area contributed by atoms with Crippen molar-refractivity contribution in [2.45, 2.75) is 51.5 Å². The van der Waals surface area contributed by atoms with Gasteiger partial charge in [0, 0.05) is 11.3 Å². The number of nitrogens with zero attached hydrogens (tertiary/aromatic N) is 1. The average molecular weight is 287 g/mol. The summed E-state index contributed by atoms with van der Waals surface area (Å²) in [5.74, 6) is 2.60. The van der Waals surface area contributed by atoms with E-state index in [9.17, 15) is 5.21 Å². The van der Waals surface area contributed by atoms with Crippen LogP contribution in [0, 0.1) is 16.7 Å². The summed E-state index contributed by atoms with van der Waals surface area (Å²) >= 11 is 3.96. The third-order valence-electron chi connectivity index (χ3n) is 5.42. The molecule has 2 rings (SSSR count). The fourth-order valence-corrected chi connectivity index (χ4v) is 8.01. The monoisotopic (exact) mass is 287 g/mol. The van der Waals surface area contributed by atoms with Crippen LogP contribution in [-0.2, 0) is 0 Å². The van der Waals surface area contributed by atoms with Gasteiger partial charge in [0.05, 0.1) is 5.71 Å². The minimum absolute atomic E-state index is 0.0162. The summed E-state index contributed by atoms with van der Waals surface area (Å²) < 4.78 is -0.0162. The second kappa shape index (κ2) is 4.62. The van der Waals surface area contributed by atoms with Crippen LogP contribution in [-0.4, -0.2) is 26.5 Å². The van der Waals surface area contributed by atoms with Crippen LogP contribution >= 0.6 is 23.5 Å². The fourth-order valence-electron chi connectivity index (χ4n) is 4.13. The molecule has 2 aliphatic rings. The fraction of sp³-hybridized carbons (Fsp3) is 0.929. The Morgan fingerprint density at radius 2 is 1.78 bits per heavy atom. The normalized spacial score (nSPS) is 38.5. The molecule has 0 aromatic heterocycles. The molecule has 2 saturated carbocycles. The second-order valence-electron chi connectivity index (χ2n) is 6.11. The van der Waals surface area contributed by atoms with Crippen molar-refractivity contribution in [3.05, 3.63) is 0 Å². The van der Waals surface area contributed by atoms with Crippen LogP contribution in [0.5, 0.6) is 0 Å². The number of hydrogen-bond donors (Lipinski definition) is 1. The van der Waals surface area contributed by atoms with Gasteiger partial charge in [-0.1, -0.05) is 39.8 Å². The quantitative estimate of drug-likeness (QED) is 0.470. The standard InChI is InChI=1S/C14H25NOS2/c1-6-17-14(18-7-2)11(15-16)10-8-9-13(14,5)12(10,3)4/h10,16H,6-9H2,1-5H3/b15-11+/t10-,13+/m1/s1. The van der Waals surface area contributed by atoms with Gasteiger partial charge in [0.1, 0.15) is 4.08 Å². The van der Waals surface area contributed by atoms with E-state index in [2.05, 4.69) is 39.8 Å². The Labute approximate surface area is 119 Å². The van der Waals surface area contributed by atoms with E-state index in [1.165, 1.54) is 12.8 Å². The van der Waals surface area contributed by atoms with E-state index in [1.54, 1.807) is 0 Å². The summed E-state index contributed by atoms with van der Waals surface area (Å²) in [5.41, 5.74) is 1.52. The molecule has 0 unspecified atom stereocenters. The van der Waals surface area contributed by atoms with Crippen molar-refractivity contribution in [3.8, 4) is 0 Å². The Morgan fingerprint density at radius 3 is 2.22 bits per heavy atom. The minimum Gasteiger partial charge on any atom is -0.411 e. The zero-order valence-electron chi connectivity index (χ0n) is 12.1. The van der Waals surface area contributed by atoms with Crippen LogP contribution in [0.25, 0.3) is 0 Å². The van der Waals surface area contributed by atoms with E-state index < -0.39 is 0 Å². The average Bonchev–Trinajstić information content (AvgIpc) is 2.61. The van der Waals surface area contributed by atoms with Crippen LogP contribution in [0.2, 0.25) is 0 Å². The predicted octanol–water partition coefficient (Wildman–Crippen LogP) is 4.48. The molecule has 0 aromatic carbocycles. The van der Waals surface area contributed by atoms with E-state index in [-0.39, 0.29) is 14.9 Å². The first-order valence-corrected chi connectivity index (χ1v) is 8.88. The van der Waals surface area contributed by atoms with Gasteiger partial charge in [-0.15, -0.1) is 23.5 Å². The molecule has 4 heteroatoms. The number of oxime groups is 1. The minimum atomic E-state index is -0.0162. The summed E-state index contributed by atoms with van der Waals surface area (Å²) in [6, 6.07) is 0. The number of thioether (sulfide) groups is 2. The van der Waals surface area contributed by atoms with Crippen molar-refractivity contribution in [1.29, 1.82) is 0 Å². The predicted molar refractivity (Wildman–Crippen MR) is 82.8 cm³/mol. The van der Waals surface area contributed by atoms with Crippen LogP contribution in [0.4, 0.5) is 0 Å². The van der Waals surface area contributed by atoms with Crippen LogP contribution < -0.4 is 0 Å². The molecule has 0 amide bonds. The summed E-state index contributed by atoms with van der Waals surface area (Å²) in [6.07, 6.45) is 2.43. The lowest BCUT2D eigenvalue weighted by Gasteiger charge is -2.47. The molecule has 2 fully saturated rings. The van der Waals surface area contributed by atoms with Crippen molar-refractivity contribution in [3.63, 3.8) is 0 Å². The van der Waals surface area contributed by atoms with Crippen LogP contribution in [0.1, 0.15) is 47.5 Å². The third kappa shape index (κ3) is 1.48. The van der Waals surface area contributed by atoms with Crippen LogP contribution in [0.3, 0.4) is 0 Å². The van der Waals surface area contributed by atoms with Crippen molar-refractivity contribution >= 4 is 29.2 Å². The van der Waals surface area contributed by atoms with Crippen LogP contribution in [0.15, 0.2) is 5.16 Å². The highest BCUT2D eigenvalue weighted by Crippen LogP contribution is 2.74. The molecular weight excluding hydrogens is 262 g/mol. The number of fused-ring (bicyclic) bond motifs is 2. The second-order valence-corrected chi connectivity index (χ2v) is 9.33. The molecule has 2 bridgehead atoms. The molecule has 104 valence electrons. The van der Waals surface area contributed by atoms with E-state index >= 15 is 0 Å². The molecule has 2 aliphatic carbocycles. The van der Waals surface area contributed by atoms with E-state index in [1.807, 2.05) is 23.5 Å². The maximum absolute atomic E-state index is 9.58. The lowest BCUT2D eigenvalue weighted by Crippen LogP contribution is -2.46. The summed E-state index contributed by atoms with van der Waals surface area (Å²) in [7, 11) is 0. The van der Waals surface area contributed by atoms with Gasteiger partial charge in [-0.25, -0.2) is 0 Å². The molecule has 1 N–H and O–H groups in total. The molecule has 0 radical (unpaired) electrons. The first-order chi connectivity index (χ1) is 8.41. The highest BCUT2D eigenvalue weighted by molar-refractivity contribution is 8.19. The maximum Gasteiger partial charge on any atom is 0.109 e. The van der Waals surface area contributed by atoms with E-state index in [4.69, 9.17) is 0 Å². The first kappa shape index (κ1) is 14.6. The Kier molecular flexibility index (Phi) is 3.74. The maximum atomic E-state index is 9.58. The van der Waals surface area contributed by atoms with E-state index in [0.717, 1.165) is 17.2 Å². The van der Waals surface area contributed by atoms with Gasteiger partial charge in [0.15, 0.2) is 0 Å². The zero-order chi connectivity index (χ0) is 13.6. The van der Waals surface area contributed by atoms with E-state index in [0.29, 0.717) is 5.92 Å². The van der Waals surface area contributed by atoms with Gasteiger partial charge in [-0.3, -0.25) is 0 Å². The highest BCUT2D eigenvalue weighted by atomic mass is 32.2. The largest absolute Gasteiger partial charge is 0.411 e. The number of hydrogen-bond acceptors (Lipinski definition) is 4. The summed E-state index contributed by atoms with van der Waals surface area (Å²) in [5, 5.41) is 13.4. The number of rotatable bonds is 4. The molecule has 0 spiro atoms. The zero-order valence-corrected chi connectivity index (χ0v) is 13.7. The molecular formula is C14H25NOS2. The van der Waals surface area contributed by atoms with Gasteiger partial charge in [-0.05, 0) is 29.8 Å². The smallest absolute Gasteiger partial charge is 0.109 e. The molecule has 0 aromatic rings. The lowest BCUT2D eigenvalue weighted by molar-refractivity contribution is 0.149. The Morgan fingerprint density at radius 1 is 1.22 bits per heavy atom. The molecule has 0 heterocycles. The Balaban J connectivity index is 2.57. The molecule has 2 atom stereocenters. The third-order valence-corrected chi connectivity index (χ3v) is 8.84. The van der Waals surface area contributed by atoms with Gasteiger partial charge >= 0.3 is 0 Å². The Hall–Kier alpha value is 0.170. The van der Waals surface area contributed by atoms with Gasteiger partial charge in [0.2, 0.25) is 0 Å². The van der Waals surface area contributed by atoms with Crippen molar-refractivity contribution in [1.82, 2.24) is 0 Å². The van der Waals surface area contributed by atoms with Gasteiger partial charge in [0.25, 0.3) is 0 Å².